The lowest BCUT2D eigenvalue weighted by Gasteiger charge is -2.25. The van der Waals surface area contributed by atoms with Crippen LogP contribution in [0.1, 0.15) is 32.0 Å². The number of aromatic nitrogens is 4. The molecule has 0 spiro atoms. The molecule has 3 aromatic rings. The molecular formula is C20H23N7O3. The van der Waals surface area contributed by atoms with Crippen molar-refractivity contribution in [3.8, 4) is 0 Å². The van der Waals surface area contributed by atoms with Crippen molar-refractivity contribution in [2.24, 2.45) is 5.18 Å². The van der Waals surface area contributed by atoms with Crippen LogP contribution in [0.15, 0.2) is 41.7 Å². The number of H-pyrrole nitrogens is 1. The van der Waals surface area contributed by atoms with Crippen LogP contribution in [0.3, 0.4) is 0 Å². The molecule has 0 radical (unpaired) electrons. The molecule has 2 aromatic heterocycles. The fourth-order valence-electron chi connectivity index (χ4n) is 2.59. The van der Waals surface area contributed by atoms with Crippen molar-refractivity contribution < 1.29 is 9.53 Å². The van der Waals surface area contributed by atoms with E-state index in [4.69, 9.17) is 4.74 Å². The van der Waals surface area contributed by atoms with Crippen LogP contribution in [0.2, 0.25) is 0 Å². The molecule has 2 N–H and O–H groups in total. The summed E-state index contributed by atoms with van der Waals surface area (Å²) in [5.74, 6) is 0.852. The quantitative estimate of drug-likeness (QED) is 0.566. The maximum absolute atomic E-state index is 12.9. The number of carbonyl (C=O) groups excluding carboxylic acids is 1. The van der Waals surface area contributed by atoms with E-state index in [0.29, 0.717) is 11.5 Å². The number of amides is 1. The summed E-state index contributed by atoms with van der Waals surface area (Å²) in [5.41, 5.74) is 1.86. The van der Waals surface area contributed by atoms with Gasteiger partial charge in [0, 0.05) is 29.7 Å². The molecule has 10 heteroatoms. The summed E-state index contributed by atoms with van der Waals surface area (Å²) < 4.78 is 5.53. The Bertz CT molecular complexity index is 1070. The van der Waals surface area contributed by atoms with E-state index in [1.807, 2.05) is 13.8 Å². The number of rotatable bonds is 5. The summed E-state index contributed by atoms with van der Waals surface area (Å²) in [7, 11) is 0. The Morgan fingerprint density at radius 3 is 2.57 bits per heavy atom. The van der Waals surface area contributed by atoms with Gasteiger partial charge in [-0.25, -0.2) is 14.7 Å². The molecule has 2 heterocycles. The zero-order valence-corrected chi connectivity index (χ0v) is 17.4. The highest BCUT2D eigenvalue weighted by Gasteiger charge is 2.28. The first-order valence-corrected chi connectivity index (χ1v) is 9.25. The Balaban J connectivity index is 1.97. The van der Waals surface area contributed by atoms with Gasteiger partial charge in [-0.2, -0.15) is 10.1 Å². The lowest BCUT2D eigenvalue weighted by atomic mass is 10.2. The van der Waals surface area contributed by atoms with Crippen LogP contribution in [0.25, 0.3) is 0 Å². The highest BCUT2D eigenvalue weighted by atomic mass is 16.6. The van der Waals surface area contributed by atoms with E-state index in [0.717, 1.165) is 11.3 Å². The van der Waals surface area contributed by atoms with Gasteiger partial charge < -0.3 is 10.1 Å². The van der Waals surface area contributed by atoms with Crippen LogP contribution in [-0.2, 0) is 4.74 Å². The fraction of sp³-hybridized carbons (Fsp3) is 0.300. The van der Waals surface area contributed by atoms with Crippen LogP contribution in [0, 0.1) is 18.8 Å². The third kappa shape index (κ3) is 4.96. The highest BCUT2D eigenvalue weighted by Crippen LogP contribution is 2.28. The maximum atomic E-state index is 12.9. The predicted octanol–water partition coefficient (Wildman–Crippen LogP) is 5.03. The summed E-state index contributed by atoms with van der Waals surface area (Å²) in [4.78, 5) is 33.6. The molecular weight excluding hydrogens is 386 g/mol. The lowest BCUT2D eigenvalue weighted by molar-refractivity contribution is 0.0597. The molecule has 0 aliphatic carbocycles. The number of hydrogen-bond donors (Lipinski definition) is 2. The van der Waals surface area contributed by atoms with Gasteiger partial charge in [-0.3, -0.25) is 5.10 Å². The first-order chi connectivity index (χ1) is 14.2. The molecule has 1 aromatic carbocycles. The minimum Gasteiger partial charge on any atom is -0.443 e. The van der Waals surface area contributed by atoms with Crippen LogP contribution < -0.4 is 10.2 Å². The van der Waals surface area contributed by atoms with Gasteiger partial charge in [0.1, 0.15) is 17.1 Å². The molecule has 1 amide bonds. The van der Waals surface area contributed by atoms with E-state index < -0.39 is 11.7 Å². The molecule has 156 valence electrons. The second-order valence-electron chi connectivity index (χ2n) is 7.68. The van der Waals surface area contributed by atoms with Crippen molar-refractivity contribution in [2.45, 2.75) is 40.2 Å². The Morgan fingerprint density at radius 1 is 1.17 bits per heavy atom. The van der Waals surface area contributed by atoms with Gasteiger partial charge in [-0.1, -0.05) is 6.07 Å². The lowest BCUT2D eigenvalue weighted by Crippen LogP contribution is -2.34. The normalized spacial score (nSPS) is 11.1. The number of nitrogens with one attached hydrogen (secondary N) is 2. The fourth-order valence-corrected chi connectivity index (χ4v) is 2.59. The minimum atomic E-state index is -0.700. The molecule has 0 saturated heterocycles. The molecule has 0 bridgehead atoms. The summed E-state index contributed by atoms with van der Waals surface area (Å²) in [6, 6.07) is 8.27. The number of hydrogen-bond acceptors (Lipinski definition) is 8. The van der Waals surface area contributed by atoms with Gasteiger partial charge in [-0.15, -0.1) is 4.91 Å². The monoisotopic (exact) mass is 409 g/mol. The SMILES string of the molecule is Cc1cc(N(C(=O)OC(C)(C)C)c2ccnc(Nc3cc(N=O)ccc3C)n2)n[nH]1. The maximum Gasteiger partial charge on any atom is 0.422 e. The number of carbonyl (C=O) groups is 1. The number of nitroso groups, excluding NO2 is 1. The first-order valence-electron chi connectivity index (χ1n) is 9.25. The molecule has 0 fully saturated rings. The van der Waals surface area contributed by atoms with Gasteiger partial charge in [0.05, 0.1) is 0 Å². The standard InChI is InChI=1S/C20H23N7O3/c1-12-6-7-14(26-29)11-15(12)22-18-21-9-8-16(23-18)27(17-10-13(2)24-25-17)19(28)30-20(3,4)5/h6-11H,1-5H3,(H,24,25)(H,21,22,23). The predicted molar refractivity (Wildman–Crippen MR) is 114 cm³/mol. The summed E-state index contributed by atoms with van der Waals surface area (Å²) >= 11 is 0. The largest absolute Gasteiger partial charge is 0.443 e. The number of anilines is 4. The van der Waals surface area contributed by atoms with Crippen molar-refractivity contribution in [2.75, 3.05) is 10.2 Å². The zero-order chi connectivity index (χ0) is 21.9. The van der Waals surface area contributed by atoms with E-state index >= 15 is 0 Å². The smallest absolute Gasteiger partial charge is 0.422 e. The number of nitrogens with zero attached hydrogens (tertiary/aromatic N) is 5. The molecule has 0 unspecified atom stereocenters. The number of ether oxygens (including phenoxy) is 1. The summed E-state index contributed by atoms with van der Waals surface area (Å²) in [5, 5.41) is 13.0. The highest BCUT2D eigenvalue weighted by molar-refractivity contribution is 5.94. The van der Waals surface area contributed by atoms with Gasteiger partial charge in [0.15, 0.2) is 5.82 Å². The van der Waals surface area contributed by atoms with Crippen molar-refractivity contribution in [3.63, 3.8) is 0 Å². The van der Waals surface area contributed by atoms with Gasteiger partial charge in [0.2, 0.25) is 5.95 Å². The molecule has 3 rings (SSSR count). The number of aryl methyl sites for hydroxylation is 2. The summed E-state index contributed by atoms with van der Waals surface area (Å²) in [6.45, 7) is 9.04. The molecule has 0 aliphatic heterocycles. The Hall–Kier alpha value is -3.82. The second-order valence-corrected chi connectivity index (χ2v) is 7.68. The second kappa shape index (κ2) is 8.27. The van der Waals surface area contributed by atoms with Crippen LogP contribution in [0.4, 0.5) is 33.8 Å². The van der Waals surface area contributed by atoms with E-state index in [9.17, 15) is 9.70 Å². The Kier molecular flexibility index (Phi) is 5.77. The molecule has 0 atom stereocenters. The third-order valence-electron chi connectivity index (χ3n) is 3.94. The Morgan fingerprint density at radius 2 is 1.93 bits per heavy atom. The zero-order valence-electron chi connectivity index (χ0n) is 17.4. The van der Waals surface area contributed by atoms with Crippen LogP contribution in [0.5, 0.6) is 0 Å². The van der Waals surface area contributed by atoms with Gasteiger partial charge >= 0.3 is 6.09 Å². The molecule has 10 nitrogen and oxygen atoms in total. The molecule has 0 saturated carbocycles. The molecule has 30 heavy (non-hydrogen) atoms. The molecule has 0 aliphatic rings. The average molecular weight is 409 g/mol. The topological polar surface area (TPSA) is 125 Å². The van der Waals surface area contributed by atoms with Crippen molar-refractivity contribution in [1.29, 1.82) is 0 Å². The Labute approximate surface area is 173 Å². The van der Waals surface area contributed by atoms with E-state index in [1.165, 1.54) is 11.1 Å². The van der Waals surface area contributed by atoms with Crippen molar-refractivity contribution in [1.82, 2.24) is 20.2 Å². The minimum absolute atomic E-state index is 0.236. The van der Waals surface area contributed by atoms with Crippen LogP contribution in [-0.4, -0.2) is 31.9 Å². The summed E-state index contributed by atoms with van der Waals surface area (Å²) in [6.07, 6.45) is 0.889. The van der Waals surface area contributed by atoms with E-state index in [2.05, 4.69) is 30.7 Å². The number of aromatic amines is 1. The van der Waals surface area contributed by atoms with Crippen molar-refractivity contribution >= 4 is 35.1 Å². The van der Waals surface area contributed by atoms with Gasteiger partial charge in [0.25, 0.3) is 0 Å². The number of benzene rings is 1. The van der Waals surface area contributed by atoms with Crippen LogP contribution >= 0.6 is 0 Å². The first kappa shape index (κ1) is 20.9. The van der Waals surface area contributed by atoms with E-state index in [-0.39, 0.29) is 17.5 Å². The van der Waals surface area contributed by atoms with Crippen molar-refractivity contribution in [3.05, 3.63) is 52.7 Å². The third-order valence-corrected chi connectivity index (χ3v) is 3.94. The average Bonchev–Trinajstić information content (AvgIpc) is 3.08. The van der Waals surface area contributed by atoms with E-state index in [1.54, 1.807) is 51.1 Å². The van der Waals surface area contributed by atoms with Gasteiger partial charge in [-0.05, 0) is 57.5 Å².